The fourth-order valence-corrected chi connectivity index (χ4v) is 2.78. The molecule has 0 atom stereocenters. The predicted molar refractivity (Wildman–Crippen MR) is 73.4 cm³/mol. The first kappa shape index (κ1) is 15.2. The van der Waals surface area contributed by atoms with Crippen molar-refractivity contribution in [1.82, 2.24) is 4.98 Å². The lowest BCUT2D eigenvalue weighted by Gasteiger charge is -2.09. The summed E-state index contributed by atoms with van der Waals surface area (Å²) >= 11 is 5.67. The normalized spacial score (nSPS) is 11.1. The van der Waals surface area contributed by atoms with Gasteiger partial charge in [0.05, 0.1) is 10.6 Å². The molecule has 0 aliphatic rings. The molecule has 0 saturated heterocycles. The number of nitrogens with one attached hydrogen (secondary N) is 1. The Morgan fingerprint density at radius 1 is 1.33 bits per heavy atom. The third-order valence-corrected chi connectivity index (χ3v) is 4.07. The largest absolute Gasteiger partial charge is 0.478 e. The van der Waals surface area contributed by atoms with Gasteiger partial charge in [0.25, 0.3) is 10.0 Å². The molecular formula is C12H8ClFN2O4S. The molecule has 0 spiro atoms. The SMILES string of the molecule is O=C(O)c1cc(NS(=O)(=O)c2ncccc2F)ccc1Cl. The van der Waals surface area contributed by atoms with Crippen molar-refractivity contribution in [3.63, 3.8) is 0 Å². The van der Waals surface area contributed by atoms with Gasteiger partial charge in [-0.1, -0.05) is 11.6 Å². The van der Waals surface area contributed by atoms with E-state index in [4.69, 9.17) is 16.7 Å². The second-order valence-electron chi connectivity index (χ2n) is 3.90. The van der Waals surface area contributed by atoms with Gasteiger partial charge in [0.2, 0.25) is 5.03 Å². The number of rotatable bonds is 4. The Bertz CT molecular complexity index is 811. The number of aromatic nitrogens is 1. The van der Waals surface area contributed by atoms with E-state index in [9.17, 15) is 17.6 Å². The van der Waals surface area contributed by atoms with Crippen molar-refractivity contribution < 1.29 is 22.7 Å². The lowest BCUT2D eigenvalue weighted by atomic mass is 10.2. The highest BCUT2D eigenvalue weighted by atomic mass is 35.5. The average molecular weight is 331 g/mol. The molecule has 2 N–H and O–H groups in total. The van der Waals surface area contributed by atoms with E-state index in [1.807, 2.05) is 4.72 Å². The predicted octanol–water partition coefficient (Wildman–Crippen LogP) is 2.37. The highest BCUT2D eigenvalue weighted by molar-refractivity contribution is 7.92. The number of aromatic carboxylic acids is 1. The zero-order valence-electron chi connectivity index (χ0n) is 10.2. The van der Waals surface area contributed by atoms with E-state index in [-0.39, 0.29) is 16.3 Å². The molecule has 0 unspecified atom stereocenters. The van der Waals surface area contributed by atoms with Gasteiger partial charge in [0.1, 0.15) is 0 Å². The zero-order chi connectivity index (χ0) is 15.6. The van der Waals surface area contributed by atoms with E-state index in [0.29, 0.717) is 0 Å². The van der Waals surface area contributed by atoms with Crippen molar-refractivity contribution >= 4 is 33.3 Å². The summed E-state index contributed by atoms with van der Waals surface area (Å²) in [5.41, 5.74) is -0.347. The van der Waals surface area contributed by atoms with Crippen LogP contribution in [0.25, 0.3) is 0 Å². The van der Waals surface area contributed by atoms with Crippen molar-refractivity contribution in [2.75, 3.05) is 4.72 Å². The second-order valence-corrected chi connectivity index (χ2v) is 5.90. The third-order valence-electron chi connectivity index (χ3n) is 2.43. The monoisotopic (exact) mass is 330 g/mol. The summed E-state index contributed by atoms with van der Waals surface area (Å²) in [5.74, 6) is -2.33. The number of carbonyl (C=O) groups is 1. The van der Waals surface area contributed by atoms with E-state index >= 15 is 0 Å². The molecule has 21 heavy (non-hydrogen) atoms. The first-order chi connectivity index (χ1) is 9.81. The van der Waals surface area contributed by atoms with E-state index < -0.39 is 26.8 Å². The highest BCUT2D eigenvalue weighted by Gasteiger charge is 2.21. The summed E-state index contributed by atoms with van der Waals surface area (Å²) in [6, 6.07) is 5.71. The molecule has 0 saturated carbocycles. The molecule has 9 heteroatoms. The quantitative estimate of drug-likeness (QED) is 0.897. The van der Waals surface area contributed by atoms with Crippen LogP contribution >= 0.6 is 11.6 Å². The number of pyridine rings is 1. The summed E-state index contributed by atoms with van der Waals surface area (Å²) in [6.45, 7) is 0. The number of halogens is 2. The number of benzene rings is 1. The minimum Gasteiger partial charge on any atom is -0.478 e. The number of carboxylic acids is 1. The van der Waals surface area contributed by atoms with Gasteiger partial charge < -0.3 is 5.11 Å². The van der Waals surface area contributed by atoms with Gasteiger partial charge in [-0.2, -0.15) is 8.42 Å². The van der Waals surface area contributed by atoms with E-state index in [1.54, 1.807) is 0 Å². The Kier molecular flexibility index (Phi) is 4.10. The lowest BCUT2D eigenvalue weighted by Crippen LogP contribution is -2.16. The topological polar surface area (TPSA) is 96.4 Å². The molecule has 0 bridgehead atoms. The summed E-state index contributed by atoms with van der Waals surface area (Å²) in [7, 11) is -4.27. The Balaban J connectivity index is 2.40. The molecule has 2 rings (SSSR count). The zero-order valence-corrected chi connectivity index (χ0v) is 11.8. The fraction of sp³-hybridized carbons (Fsp3) is 0. The van der Waals surface area contributed by atoms with Gasteiger partial charge in [0, 0.05) is 11.9 Å². The van der Waals surface area contributed by atoms with Gasteiger partial charge in [-0.25, -0.2) is 14.2 Å². The van der Waals surface area contributed by atoms with Gasteiger partial charge >= 0.3 is 5.97 Å². The second kappa shape index (κ2) is 5.66. The van der Waals surface area contributed by atoms with Crippen LogP contribution in [-0.2, 0) is 10.0 Å². The third kappa shape index (κ3) is 3.29. The van der Waals surface area contributed by atoms with Crippen LogP contribution < -0.4 is 4.72 Å². The average Bonchev–Trinajstić information content (AvgIpc) is 2.40. The molecule has 0 fully saturated rings. The van der Waals surface area contributed by atoms with Crippen molar-refractivity contribution in [2.45, 2.75) is 5.03 Å². The number of anilines is 1. The van der Waals surface area contributed by atoms with Crippen molar-refractivity contribution in [2.24, 2.45) is 0 Å². The highest BCUT2D eigenvalue weighted by Crippen LogP contribution is 2.23. The first-order valence-electron chi connectivity index (χ1n) is 5.47. The van der Waals surface area contributed by atoms with Crippen LogP contribution in [0.1, 0.15) is 10.4 Å². The Morgan fingerprint density at radius 2 is 2.05 bits per heavy atom. The molecule has 2 aromatic rings. The molecular weight excluding hydrogens is 323 g/mol. The molecule has 0 radical (unpaired) electrons. The maximum absolute atomic E-state index is 13.5. The van der Waals surface area contributed by atoms with Crippen LogP contribution in [-0.4, -0.2) is 24.5 Å². The number of sulfonamides is 1. The van der Waals surface area contributed by atoms with Crippen molar-refractivity contribution in [3.8, 4) is 0 Å². The Labute approximate surface area is 124 Å². The van der Waals surface area contributed by atoms with Crippen molar-refractivity contribution in [1.29, 1.82) is 0 Å². The first-order valence-corrected chi connectivity index (χ1v) is 7.33. The Hall–Kier alpha value is -2.19. The van der Waals surface area contributed by atoms with Gasteiger partial charge in [0.15, 0.2) is 5.82 Å². The maximum Gasteiger partial charge on any atom is 0.337 e. The molecule has 110 valence electrons. The maximum atomic E-state index is 13.5. The summed E-state index contributed by atoms with van der Waals surface area (Å²) in [4.78, 5) is 14.4. The summed E-state index contributed by atoms with van der Waals surface area (Å²) in [6.07, 6.45) is 1.13. The number of hydrogen-bond acceptors (Lipinski definition) is 4. The van der Waals surface area contributed by atoms with Crippen LogP contribution in [0.5, 0.6) is 0 Å². The molecule has 0 aliphatic heterocycles. The van der Waals surface area contributed by atoms with Gasteiger partial charge in [-0.3, -0.25) is 4.72 Å². The van der Waals surface area contributed by atoms with E-state index in [1.165, 1.54) is 18.2 Å². The minimum absolute atomic E-state index is 0.0468. The summed E-state index contributed by atoms with van der Waals surface area (Å²) in [5, 5.41) is 8.09. The molecule has 1 aromatic carbocycles. The number of hydrogen-bond donors (Lipinski definition) is 2. The van der Waals surface area contributed by atoms with Gasteiger partial charge in [-0.15, -0.1) is 0 Å². The van der Waals surface area contributed by atoms with Gasteiger partial charge in [-0.05, 0) is 30.3 Å². The molecule has 1 aromatic heterocycles. The fourth-order valence-electron chi connectivity index (χ4n) is 1.53. The minimum atomic E-state index is -4.27. The smallest absolute Gasteiger partial charge is 0.337 e. The van der Waals surface area contributed by atoms with Crippen LogP contribution in [0.4, 0.5) is 10.1 Å². The standard InChI is InChI=1S/C12H8ClFN2O4S/c13-9-4-3-7(6-8(9)12(17)18)16-21(19,20)11-10(14)2-1-5-15-11/h1-6,16H,(H,17,18). The molecule has 0 aliphatic carbocycles. The number of carboxylic acid groups (broad SMARTS) is 1. The van der Waals surface area contributed by atoms with Crippen LogP contribution in [0.2, 0.25) is 5.02 Å². The molecule has 1 heterocycles. The van der Waals surface area contributed by atoms with E-state index in [0.717, 1.165) is 18.3 Å². The Morgan fingerprint density at radius 3 is 2.67 bits per heavy atom. The van der Waals surface area contributed by atoms with Crippen molar-refractivity contribution in [3.05, 3.63) is 52.9 Å². The number of nitrogens with zero attached hydrogens (tertiary/aromatic N) is 1. The van der Waals surface area contributed by atoms with Crippen LogP contribution in [0.3, 0.4) is 0 Å². The molecule has 6 nitrogen and oxygen atoms in total. The van der Waals surface area contributed by atoms with Crippen LogP contribution in [0, 0.1) is 5.82 Å². The lowest BCUT2D eigenvalue weighted by molar-refractivity contribution is 0.0697. The van der Waals surface area contributed by atoms with E-state index in [2.05, 4.69) is 4.98 Å². The molecule has 0 amide bonds. The van der Waals surface area contributed by atoms with Crippen LogP contribution in [0.15, 0.2) is 41.6 Å². The summed E-state index contributed by atoms with van der Waals surface area (Å²) < 4.78 is 39.5.